The molecule has 0 bridgehead atoms. The highest BCUT2D eigenvalue weighted by Gasteiger charge is 2.32. The van der Waals surface area contributed by atoms with E-state index in [2.05, 4.69) is 4.98 Å². The smallest absolute Gasteiger partial charge is 0.354 e. The lowest BCUT2D eigenvalue weighted by molar-refractivity contribution is -0.146. The van der Waals surface area contributed by atoms with Gasteiger partial charge in [0.05, 0.1) is 6.54 Å². The molecule has 1 aliphatic heterocycles. The molecule has 0 aliphatic carbocycles. The molecule has 1 atom stereocenters. The molecule has 0 radical (unpaired) electrons. The maximum atomic E-state index is 12.3. The standard InChI is InChI=1S/C13H19F3N4/c1-10(17)11-2-3-12(18-8-11)20-6-4-19(5-7-20)9-13(14,15)16/h2-3,8,10H,4-7,9,17H2,1H3. The van der Waals surface area contributed by atoms with Crippen molar-refractivity contribution >= 4 is 5.82 Å². The Morgan fingerprint density at radius 2 is 1.90 bits per heavy atom. The normalized spacial score (nSPS) is 19.1. The van der Waals surface area contributed by atoms with Crippen LogP contribution in [0.15, 0.2) is 18.3 Å². The molecule has 7 heteroatoms. The fraction of sp³-hybridized carbons (Fsp3) is 0.615. The van der Waals surface area contributed by atoms with Crippen LogP contribution in [0.3, 0.4) is 0 Å². The van der Waals surface area contributed by atoms with Crippen LogP contribution in [0, 0.1) is 0 Å². The molecule has 0 saturated carbocycles. The van der Waals surface area contributed by atoms with E-state index in [0.29, 0.717) is 26.2 Å². The second kappa shape index (κ2) is 5.97. The summed E-state index contributed by atoms with van der Waals surface area (Å²) in [7, 11) is 0. The first kappa shape index (κ1) is 15.1. The van der Waals surface area contributed by atoms with Gasteiger partial charge in [0.15, 0.2) is 0 Å². The van der Waals surface area contributed by atoms with Gasteiger partial charge in [-0.1, -0.05) is 6.07 Å². The summed E-state index contributed by atoms with van der Waals surface area (Å²) >= 11 is 0. The van der Waals surface area contributed by atoms with Crippen molar-refractivity contribution in [2.75, 3.05) is 37.6 Å². The van der Waals surface area contributed by atoms with Gasteiger partial charge in [-0.25, -0.2) is 4.98 Å². The van der Waals surface area contributed by atoms with E-state index < -0.39 is 12.7 Å². The van der Waals surface area contributed by atoms with Gasteiger partial charge in [0.2, 0.25) is 0 Å². The second-order valence-electron chi connectivity index (χ2n) is 5.12. The first-order chi connectivity index (χ1) is 9.35. The molecule has 2 rings (SSSR count). The Morgan fingerprint density at radius 3 is 2.35 bits per heavy atom. The van der Waals surface area contributed by atoms with E-state index in [4.69, 9.17) is 5.73 Å². The molecule has 0 aromatic carbocycles. The van der Waals surface area contributed by atoms with Crippen LogP contribution in [-0.4, -0.2) is 48.8 Å². The van der Waals surface area contributed by atoms with E-state index in [9.17, 15) is 13.2 Å². The van der Waals surface area contributed by atoms with E-state index in [1.54, 1.807) is 6.20 Å². The molecule has 1 unspecified atom stereocenters. The van der Waals surface area contributed by atoms with Crippen LogP contribution in [0.25, 0.3) is 0 Å². The minimum absolute atomic E-state index is 0.0693. The maximum Gasteiger partial charge on any atom is 0.401 e. The molecule has 1 aromatic rings. The van der Waals surface area contributed by atoms with Crippen LogP contribution < -0.4 is 10.6 Å². The zero-order valence-corrected chi connectivity index (χ0v) is 11.4. The van der Waals surface area contributed by atoms with Crippen molar-refractivity contribution < 1.29 is 13.2 Å². The Labute approximate surface area is 116 Å². The molecule has 2 heterocycles. The van der Waals surface area contributed by atoms with Crippen LogP contribution >= 0.6 is 0 Å². The summed E-state index contributed by atoms with van der Waals surface area (Å²) in [6.45, 7) is 2.96. The summed E-state index contributed by atoms with van der Waals surface area (Å²) in [6.07, 6.45) is -2.40. The van der Waals surface area contributed by atoms with Gasteiger partial charge in [-0.15, -0.1) is 0 Å². The van der Waals surface area contributed by atoms with Gasteiger partial charge < -0.3 is 10.6 Å². The van der Waals surface area contributed by atoms with Crippen molar-refractivity contribution in [3.05, 3.63) is 23.9 Å². The third-order valence-electron chi connectivity index (χ3n) is 3.40. The van der Waals surface area contributed by atoms with E-state index >= 15 is 0 Å². The Kier molecular flexibility index (Phi) is 4.49. The Morgan fingerprint density at radius 1 is 1.25 bits per heavy atom. The molecule has 4 nitrogen and oxygen atoms in total. The maximum absolute atomic E-state index is 12.3. The number of hydrogen-bond donors (Lipinski definition) is 1. The Balaban J connectivity index is 1.90. The lowest BCUT2D eigenvalue weighted by Crippen LogP contribution is -2.49. The number of nitrogens with two attached hydrogens (primary N) is 1. The molecule has 20 heavy (non-hydrogen) atoms. The third-order valence-corrected chi connectivity index (χ3v) is 3.40. The number of aromatic nitrogens is 1. The topological polar surface area (TPSA) is 45.4 Å². The minimum atomic E-state index is -4.13. The average molecular weight is 288 g/mol. The second-order valence-corrected chi connectivity index (χ2v) is 5.12. The highest BCUT2D eigenvalue weighted by molar-refractivity contribution is 5.40. The number of rotatable bonds is 3. The van der Waals surface area contributed by atoms with Crippen LogP contribution in [0.5, 0.6) is 0 Å². The number of piperazine rings is 1. The van der Waals surface area contributed by atoms with E-state index in [-0.39, 0.29) is 6.04 Å². The molecule has 0 amide bonds. The molecule has 1 saturated heterocycles. The summed E-state index contributed by atoms with van der Waals surface area (Å²) in [5, 5.41) is 0. The number of pyridine rings is 1. The first-order valence-corrected chi connectivity index (χ1v) is 6.61. The van der Waals surface area contributed by atoms with Gasteiger partial charge in [-0.05, 0) is 18.6 Å². The van der Waals surface area contributed by atoms with Gasteiger partial charge in [-0.3, -0.25) is 4.90 Å². The fourth-order valence-corrected chi connectivity index (χ4v) is 2.24. The fourth-order valence-electron chi connectivity index (χ4n) is 2.24. The Bertz CT molecular complexity index is 422. The van der Waals surface area contributed by atoms with Crippen molar-refractivity contribution in [1.82, 2.24) is 9.88 Å². The van der Waals surface area contributed by atoms with Crippen molar-refractivity contribution in [3.8, 4) is 0 Å². The average Bonchev–Trinajstić information content (AvgIpc) is 2.38. The number of halogens is 3. The van der Waals surface area contributed by atoms with Gasteiger partial charge in [0, 0.05) is 38.4 Å². The molecular formula is C13H19F3N4. The van der Waals surface area contributed by atoms with Crippen molar-refractivity contribution in [3.63, 3.8) is 0 Å². The predicted molar refractivity (Wildman–Crippen MR) is 71.5 cm³/mol. The molecule has 1 aliphatic rings. The van der Waals surface area contributed by atoms with Crippen LogP contribution in [-0.2, 0) is 0 Å². The SMILES string of the molecule is CC(N)c1ccc(N2CCN(CC(F)(F)F)CC2)nc1. The lowest BCUT2D eigenvalue weighted by atomic mass is 10.1. The molecule has 112 valence electrons. The van der Waals surface area contributed by atoms with Gasteiger partial charge >= 0.3 is 6.18 Å². The number of nitrogens with zero attached hydrogens (tertiary/aromatic N) is 3. The zero-order chi connectivity index (χ0) is 14.8. The van der Waals surface area contributed by atoms with Crippen molar-refractivity contribution in [1.29, 1.82) is 0 Å². The molecule has 0 spiro atoms. The molecule has 1 aromatic heterocycles. The van der Waals surface area contributed by atoms with Gasteiger partial charge in [0.1, 0.15) is 5.82 Å². The summed E-state index contributed by atoms with van der Waals surface area (Å²) in [4.78, 5) is 7.75. The minimum Gasteiger partial charge on any atom is -0.354 e. The summed E-state index contributed by atoms with van der Waals surface area (Å²) < 4.78 is 36.9. The highest BCUT2D eigenvalue weighted by atomic mass is 19.4. The first-order valence-electron chi connectivity index (χ1n) is 6.61. The largest absolute Gasteiger partial charge is 0.401 e. The monoisotopic (exact) mass is 288 g/mol. The Hall–Kier alpha value is -1.34. The molecule has 1 fully saturated rings. The summed E-state index contributed by atoms with van der Waals surface area (Å²) in [6, 6.07) is 3.72. The van der Waals surface area contributed by atoms with Crippen LogP contribution in [0.4, 0.5) is 19.0 Å². The molecular weight excluding hydrogens is 269 g/mol. The lowest BCUT2D eigenvalue weighted by Gasteiger charge is -2.35. The van der Waals surface area contributed by atoms with E-state index in [1.165, 1.54) is 4.90 Å². The van der Waals surface area contributed by atoms with Crippen LogP contribution in [0.2, 0.25) is 0 Å². The van der Waals surface area contributed by atoms with Gasteiger partial charge in [-0.2, -0.15) is 13.2 Å². The number of alkyl halides is 3. The summed E-state index contributed by atoms with van der Waals surface area (Å²) in [5.74, 6) is 0.793. The third kappa shape index (κ3) is 4.08. The van der Waals surface area contributed by atoms with Gasteiger partial charge in [0.25, 0.3) is 0 Å². The quantitative estimate of drug-likeness (QED) is 0.921. The van der Waals surface area contributed by atoms with Crippen LogP contribution in [0.1, 0.15) is 18.5 Å². The van der Waals surface area contributed by atoms with E-state index in [1.807, 2.05) is 24.0 Å². The zero-order valence-electron chi connectivity index (χ0n) is 11.4. The number of hydrogen-bond acceptors (Lipinski definition) is 4. The summed E-state index contributed by atoms with van der Waals surface area (Å²) in [5.41, 5.74) is 6.70. The molecule has 2 N–H and O–H groups in total. The highest BCUT2D eigenvalue weighted by Crippen LogP contribution is 2.20. The van der Waals surface area contributed by atoms with E-state index in [0.717, 1.165) is 11.4 Å². The van der Waals surface area contributed by atoms with Crippen molar-refractivity contribution in [2.24, 2.45) is 5.73 Å². The number of anilines is 1. The predicted octanol–water partition coefficient (Wildman–Crippen LogP) is 1.79. The van der Waals surface area contributed by atoms with Crippen molar-refractivity contribution in [2.45, 2.75) is 19.1 Å².